The summed E-state index contributed by atoms with van der Waals surface area (Å²) in [5, 5.41) is 13.0. The molecular formula is C12H18BrNOS. The van der Waals surface area contributed by atoms with Gasteiger partial charge in [0.1, 0.15) is 0 Å². The van der Waals surface area contributed by atoms with E-state index in [4.69, 9.17) is 0 Å². The van der Waals surface area contributed by atoms with Crippen LogP contribution < -0.4 is 5.32 Å². The fourth-order valence-electron chi connectivity index (χ4n) is 2.33. The predicted molar refractivity (Wildman–Crippen MR) is 71.9 cm³/mol. The van der Waals surface area contributed by atoms with Crippen molar-refractivity contribution in [1.82, 2.24) is 5.32 Å². The van der Waals surface area contributed by atoms with E-state index >= 15 is 0 Å². The molecule has 0 atom stereocenters. The number of hydrogen-bond donors (Lipinski definition) is 2. The van der Waals surface area contributed by atoms with Crippen LogP contribution in [-0.4, -0.2) is 17.3 Å². The van der Waals surface area contributed by atoms with Crippen molar-refractivity contribution in [3.8, 4) is 0 Å². The van der Waals surface area contributed by atoms with E-state index in [2.05, 4.69) is 34.2 Å². The summed E-state index contributed by atoms with van der Waals surface area (Å²) in [6.45, 7) is 3.25. The van der Waals surface area contributed by atoms with Crippen molar-refractivity contribution < 1.29 is 5.11 Å². The third kappa shape index (κ3) is 2.67. The Morgan fingerprint density at radius 2 is 2.19 bits per heavy atom. The van der Waals surface area contributed by atoms with Gasteiger partial charge in [0, 0.05) is 17.0 Å². The third-order valence-electron chi connectivity index (χ3n) is 3.41. The molecule has 1 aliphatic carbocycles. The Labute approximate surface area is 109 Å². The SMILES string of the molecule is Cc1cc(CNC2(CO)CCCC2)sc1Br. The molecule has 2 nitrogen and oxygen atoms in total. The highest BCUT2D eigenvalue weighted by molar-refractivity contribution is 9.11. The Balaban J connectivity index is 1.95. The number of aryl methyl sites for hydroxylation is 1. The lowest BCUT2D eigenvalue weighted by atomic mass is 9.99. The van der Waals surface area contributed by atoms with Gasteiger partial charge in [-0.3, -0.25) is 0 Å². The Kier molecular flexibility index (Phi) is 4.06. The van der Waals surface area contributed by atoms with E-state index in [0.717, 1.165) is 19.4 Å². The van der Waals surface area contributed by atoms with Crippen molar-refractivity contribution in [3.05, 3.63) is 20.3 Å². The first-order valence-electron chi connectivity index (χ1n) is 5.76. The van der Waals surface area contributed by atoms with Gasteiger partial charge in [-0.2, -0.15) is 0 Å². The topological polar surface area (TPSA) is 32.3 Å². The standard InChI is InChI=1S/C12H18BrNOS/c1-9-6-10(16-11(9)13)7-14-12(8-15)4-2-3-5-12/h6,14-15H,2-5,7-8H2,1H3. The smallest absolute Gasteiger partial charge is 0.0730 e. The first-order chi connectivity index (χ1) is 7.65. The van der Waals surface area contributed by atoms with Crippen LogP contribution in [0.5, 0.6) is 0 Å². The van der Waals surface area contributed by atoms with Gasteiger partial charge in [-0.1, -0.05) is 12.8 Å². The van der Waals surface area contributed by atoms with Crippen LogP contribution in [-0.2, 0) is 6.54 Å². The minimum atomic E-state index is -0.00955. The number of halogens is 1. The van der Waals surface area contributed by atoms with Gasteiger partial charge >= 0.3 is 0 Å². The second-order valence-corrected chi connectivity index (χ2v) is 7.12. The molecule has 0 radical (unpaired) electrons. The van der Waals surface area contributed by atoms with Gasteiger partial charge in [0.05, 0.1) is 10.4 Å². The molecule has 90 valence electrons. The van der Waals surface area contributed by atoms with Crippen LogP contribution in [0.2, 0.25) is 0 Å². The number of hydrogen-bond acceptors (Lipinski definition) is 3. The highest BCUT2D eigenvalue weighted by Gasteiger charge is 2.32. The third-order valence-corrected chi connectivity index (χ3v) is 5.55. The predicted octanol–water partition coefficient (Wildman–Crippen LogP) is 3.21. The van der Waals surface area contributed by atoms with Crippen LogP contribution in [0.1, 0.15) is 36.1 Å². The molecule has 0 bridgehead atoms. The quantitative estimate of drug-likeness (QED) is 0.895. The van der Waals surface area contributed by atoms with E-state index in [1.165, 1.54) is 27.1 Å². The fourth-order valence-corrected chi connectivity index (χ4v) is 3.90. The van der Waals surface area contributed by atoms with Crippen LogP contribution in [0, 0.1) is 6.92 Å². The molecule has 1 heterocycles. The summed E-state index contributed by atoms with van der Waals surface area (Å²) in [5.74, 6) is 0. The van der Waals surface area contributed by atoms with Gasteiger partial charge in [0.2, 0.25) is 0 Å². The van der Waals surface area contributed by atoms with E-state index < -0.39 is 0 Å². The molecule has 0 amide bonds. The molecular weight excluding hydrogens is 286 g/mol. The molecule has 16 heavy (non-hydrogen) atoms. The molecule has 4 heteroatoms. The first kappa shape index (κ1) is 12.6. The van der Waals surface area contributed by atoms with Crippen LogP contribution in [0.25, 0.3) is 0 Å². The largest absolute Gasteiger partial charge is 0.394 e. The second kappa shape index (κ2) is 5.17. The van der Waals surface area contributed by atoms with E-state index in [1.54, 1.807) is 11.3 Å². The van der Waals surface area contributed by atoms with Crippen molar-refractivity contribution in [2.45, 2.75) is 44.7 Å². The highest BCUT2D eigenvalue weighted by atomic mass is 79.9. The van der Waals surface area contributed by atoms with Gasteiger partial charge in [-0.15, -0.1) is 11.3 Å². The number of aliphatic hydroxyl groups excluding tert-OH is 1. The number of aliphatic hydroxyl groups is 1. The Morgan fingerprint density at radius 1 is 1.50 bits per heavy atom. The van der Waals surface area contributed by atoms with E-state index in [9.17, 15) is 5.11 Å². The number of nitrogens with one attached hydrogen (secondary N) is 1. The highest BCUT2D eigenvalue weighted by Crippen LogP contribution is 2.31. The minimum Gasteiger partial charge on any atom is -0.394 e. The van der Waals surface area contributed by atoms with E-state index in [1.807, 2.05) is 0 Å². The molecule has 2 rings (SSSR count). The average Bonchev–Trinajstić information content (AvgIpc) is 2.85. The summed E-state index contributed by atoms with van der Waals surface area (Å²) >= 11 is 5.32. The molecule has 1 saturated carbocycles. The lowest BCUT2D eigenvalue weighted by molar-refractivity contribution is 0.163. The Bertz CT molecular complexity index is 338. The fraction of sp³-hybridized carbons (Fsp3) is 0.667. The maximum atomic E-state index is 9.49. The molecule has 1 aromatic rings. The zero-order valence-electron chi connectivity index (χ0n) is 9.55. The van der Waals surface area contributed by atoms with Crippen molar-refractivity contribution in [3.63, 3.8) is 0 Å². The summed E-state index contributed by atoms with van der Waals surface area (Å²) in [5.41, 5.74) is 1.29. The lowest BCUT2D eigenvalue weighted by Crippen LogP contribution is -2.45. The molecule has 1 aromatic heterocycles. The van der Waals surface area contributed by atoms with Crippen LogP contribution >= 0.6 is 27.3 Å². The molecule has 0 spiro atoms. The van der Waals surface area contributed by atoms with Gasteiger partial charge in [-0.25, -0.2) is 0 Å². The molecule has 0 saturated heterocycles. The molecule has 0 unspecified atom stereocenters. The van der Waals surface area contributed by atoms with E-state index in [-0.39, 0.29) is 12.1 Å². The monoisotopic (exact) mass is 303 g/mol. The van der Waals surface area contributed by atoms with Gasteiger partial charge in [-0.05, 0) is 47.3 Å². The normalized spacial score (nSPS) is 19.2. The van der Waals surface area contributed by atoms with Gasteiger partial charge < -0.3 is 10.4 Å². The van der Waals surface area contributed by atoms with Crippen LogP contribution in [0.15, 0.2) is 9.85 Å². The van der Waals surface area contributed by atoms with Gasteiger partial charge in [0.15, 0.2) is 0 Å². The maximum Gasteiger partial charge on any atom is 0.0730 e. The van der Waals surface area contributed by atoms with Crippen LogP contribution in [0.3, 0.4) is 0 Å². The molecule has 0 aliphatic heterocycles. The Morgan fingerprint density at radius 3 is 2.69 bits per heavy atom. The summed E-state index contributed by atoms with van der Waals surface area (Å²) in [4.78, 5) is 1.34. The summed E-state index contributed by atoms with van der Waals surface area (Å²) < 4.78 is 1.22. The first-order valence-corrected chi connectivity index (χ1v) is 7.37. The average molecular weight is 304 g/mol. The molecule has 1 aliphatic rings. The number of thiophene rings is 1. The van der Waals surface area contributed by atoms with Crippen LogP contribution in [0.4, 0.5) is 0 Å². The molecule has 0 aromatic carbocycles. The van der Waals surface area contributed by atoms with Crippen molar-refractivity contribution >= 4 is 27.3 Å². The van der Waals surface area contributed by atoms with E-state index in [0.29, 0.717) is 0 Å². The summed E-state index contributed by atoms with van der Waals surface area (Å²) in [6.07, 6.45) is 4.69. The summed E-state index contributed by atoms with van der Waals surface area (Å²) in [6, 6.07) is 2.21. The lowest BCUT2D eigenvalue weighted by Gasteiger charge is -2.27. The van der Waals surface area contributed by atoms with Gasteiger partial charge in [0.25, 0.3) is 0 Å². The Hall–Kier alpha value is 0.100. The molecule has 1 fully saturated rings. The maximum absolute atomic E-state index is 9.49. The summed E-state index contributed by atoms with van der Waals surface area (Å²) in [7, 11) is 0. The number of rotatable bonds is 4. The second-order valence-electron chi connectivity index (χ2n) is 4.67. The van der Waals surface area contributed by atoms with Crippen molar-refractivity contribution in [2.24, 2.45) is 0 Å². The van der Waals surface area contributed by atoms with Crippen molar-refractivity contribution in [1.29, 1.82) is 0 Å². The zero-order chi connectivity index (χ0) is 11.6. The minimum absolute atomic E-state index is 0.00955. The van der Waals surface area contributed by atoms with Crippen molar-refractivity contribution in [2.75, 3.05) is 6.61 Å². The zero-order valence-corrected chi connectivity index (χ0v) is 12.0. The molecule has 2 N–H and O–H groups in total.